The van der Waals surface area contributed by atoms with E-state index in [1.807, 2.05) is 13.0 Å². The summed E-state index contributed by atoms with van der Waals surface area (Å²) in [4.78, 5) is 22.7. The van der Waals surface area contributed by atoms with E-state index < -0.39 is 12.1 Å². The van der Waals surface area contributed by atoms with Crippen molar-refractivity contribution in [3.63, 3.8) is 0 Å². The van der Waals surface area contributed by atoms with Gasteiger partial charge in [0.2, 0.25) is 5.95 Å². The maximum absolute atomic E-state index is 12.0. The van der Waals surface area contributed by atoms with Gasteiger partial charge in [0.1, 0.15) is 5.82 Å². The Morgan fingerprint density at radius 3 is 2.81 bits per heavy atom. The number of anilines is 2. The summed E-state index contributed by atoms with van der Waals surface area (Å²) >= 11 is 6.69. The first-order chi connectivity index (χ1) is 15.3. The van der Waals surface area contributed by atoms with Gasteiger partial charge in [-0.1, -0.05) is 11.6 Å². The molecule has 1 fully saturated rings. The highest BCUT2D eigenvalue weighted by Crippen LogP contribution is 2.40. The molecule has 1 saturated heterocycles. The van der Waals surface area contributed by atoms with Crippen molar-refractivity contribution in [2.75, 3.05) is 44.1 Å². The molecule has 32 heavy (non-hydrogen) atoms. The first kappa shape index (κ1) is 23.9. The highest BCUT2D eigenvalue weighted by Gasteiger charge is 2.29. The number of nitrogens with two attached hydrogens (primary N) is 1. The highest BCUT2D eigenvalue weighted by molar-refractivity contribution is 6.31. The van der Waals surface area contributed by atoms with Gasteiger partial charge in [-0.25, -0.2) is 9.78 Å². The van der Waals surface area contributed by atoms with Crippen LogP contribution in [-0.4, -0.2) is 55.5 Å². The molecule has 1 aromatic heterocycles. The van der Waals surface area contributed by atoms with Gasteiger partial charge < -0.3 is 29.6 Å². The van der Waals surface area contributed by atoms with Gasteiger partial charge in [0.15, 0.2) is 17.6 Å². The fourth-order valence-corrected chi connectivity index (χ4v) is 3.87. The summed E-state index contributed by atoms with van der Waals surface area (Å²) in [6, 6.07) is 5.11. The molecule has 10 heteroatoms. The van der Waals surface area contributed by atoms with E-state index in [9.17, 15) is 4.79 Å². The average Bonchev–Trinajstić information content (AvgIpc) is 2.99. The summed E-state index contributed by atoms with van der Waals surface area (Å²) in [6.45, 7) is 7.24. The molecule has 1 aliphatic rings. The Morgan fingerprint density at radius 1 is 1.34 bits per heavy atom. The van der Waals surface area contributed by atoms with Crippen LogP contribution < -0.4 is 20.1 Å². The fraction of sp³-hybridized carbons (Fsp3) is 0.500. The number of hydrogen-bond donors (Lipinski definition) is 1. The van der Waals surface area contributed by atoms with E-state index in [0.717, 1.165) is 17.7 Å². The summed E-state index contributed by atoms with van der Waals surface area (Å²) in [5.41, 5.74) is 7.46. The number of ether oxygens (including phenoxy) is 4. The van der Waals surface area contributed by atoms with Gasteiger partial charge in [-0.05, 0) is 38.8 Å². The lowest BCUT2D eigenvalue weighted by Crippen LogP contribution is -2.32. The first-order valence-electron chi connectivity index (χ1n) is 10.5. The molecular formula is C22H29ClN4O5. The molecule has 2 heterocycles. The smallest absolute Gasteiger partial charge is 0.347 e. The number of hydrogen-bond acceptors (Lipinski definition) is 9. The van der Waals surface area contributed by atoms with Crippen LogP contribution in [0.15, 0.2) is 18.2 Å². The maximum atomic E-state index is 12.0. The van der Waals surface area contributed by atoms with Crippen LogP contribution in [0.25, 0.3) is 0 Å². The molecule has 2 N–H and O–H groups in total. The zero-order chi connectivity index (χ0) is 23.3. The molecule has 2 atom stereocenters. The van der Waals surface area contributed by atoms with Crippen LogP contribution in [0, 0.1) is 6.92 Å². The molecule has 0 aliphatic carbocycles. The van der Waals surface area contributed by atoms with E-state index in [1.54, 1.807) is 26.0 Å². The number of carbonyl (C=O) groups is 1. The third-order valence-electron chi connectivity index (χ3n) is 5.06. The zero-order valence-corrected chi connectivity index (χ0v) is 19.5. The number of aromatic nitrogens is 2. The number of rotatable bonds is 7. The van der Waals surface area contributed by atoms with Crippen molar-refractivity contribution in [3.8, 4) is 11.5 Å². The Bertz CT molecular complexity index is 938. The minimum Gasteiger partial charge on any atom is -0.493 e. The molecule has 1 aliphatic heterocycles. The van der Waals surface area contributed by atoms with Crippen LogP contribution in [0.5, 0.6) is 11.5 Å². The summed E-state index contributed by atoms with van der Waals surface area (Å²) in [6.07, 6.45) is 0.0161. The molecule has 0 amide bonds. The van der Waals surface area contributed by atoms with Gasteiger partial charge in [-0.15, -0.1) is 0 Å². The van der Waals surface area contributed by atoms with Gasteiger partial charge >= 0.3 is 5.97 Å². The minimum atomic E-state index is -0.810. The second kappa shape index (κ2) is 10.7. The standard InChI is InChI=1S/C22H29ClN4O5/c1-5-31-21(28)14(3)32-19-11-16(23)15(10-18(19)29-4)17-12-30-8-6-7-27(17)20-9-13(2)25-22(24)26-20/h9-11,14,17H,5-8,12H2,1-4H3,(H2,24,25,26)/t14-,17+/m0/s1. The minimum absolute atomic E-state index is 0.212. The molecule has 0 spiro atoms. The number of esters is 1. The Balaban J connectivity index is 1.97. The van der Waals surface area contributed by atoms with Crippen molar-refractivity contribution in [1.29, 1.82) is 0 Å². The van der Waals surface area contributed by atoms with E-state index in [0.29, 0.717) is 42.1 Å². The van der Waals surface area contributed by atoms with Crippen molar-refractivity contribution in [1.82, 2.24) is 9.97 Å². The quantitative estimate of drug-likeness (QED) is 0.617. The van der Waals surface area contributed by atoms with E-state index in [4.69, 9.17) is 36.3 Å². The lowest BCUT2D eigenvalue weighted by Gasteiger charge is -2.32. The lowest BCUT2D eigenvalue weighted by atomic mass is 10.0. The first-order valence-corrected chi connectivity index (χ1v) is 10.9. The predicted octanol–water partition coefficient (Wildman–Crippen LogP) is 3.33. The molecule has 0 saturated carbocycles. The van der Waals surface area contributed by atoms with Crippen molar-refractivity contribution >= 4 is 29.3 Å². The van der Waals surface area contributed by atoms with Crippen LogP contribution in [0.3, 0.4) is 0 Å². The second-order valence-corrected chi connectivity index (χ2v) is 7.81. The number of halogens is 1. The van der Waals surface area contributed by atoms with Gasteiger partial charge in [0.05, 0.1) is 26.4 Å². The molecule has 2 aromatic rings. The maximum Gasteiger partial charge on any atom is 0.347 e. The molecule has 9 nitrogen and oxygen atoms in total. The number of aryl methyl sites for hydroxylation is 1. The SMILES string of the molecule is CCOC(=O)[C@H](C)Oc1cc(Cl)c([C@H]2COCCCN2c2cc(C)nc(N)n2)cc1OC. The summed E-state index contributed by atoms with van der Waals surface area (Å²) in [5.74, 6) is 1.25. The van der Waals surface area contributed by atoms with Crippen molar-refractivity contribution < 1.29 is 23.7 Å². The van der Waals surface area contributed by atoms with Crippen molar-refractivity contribution in [3.05, 3.63) is 34.5 Å². The third kappa shape index (κ3) is 5.52. The molecule has 0 unspecified atom stereocenters. The van der Waals surface area contributed by atoms with Crippen LogP contribution in [0.1, 0.15) is 37.6 Å². The number of benzene rings is 1. The zero-order valence-electron chi connectivity index (χ0n) is 18.8. The Labute approximate surface area is 192 Å². The van der Waals surface area contributed by atoms with Crippen LogP contribution in [-0.2, 0) is 14.3 Å². The number of carbonyl (C=O) groups excluding carboxylic acids is 1. The summed E-state index contributed by atoms with van der Waals surface area (Å²) < 4.78 is 22.2. The van der Waals surface area contributed by atoms with Crippen LogP contribution in [0.4, 0.5) is 11.8 Å². The Hall–Kier alpha value is -2.78. The van der Waals surface area contributed by atoms with Crippen LogP contribution >= 0.6 is 11.6 Å². The fourth-order valence-electron chi connectivity index (χ4n) is 3.59. The molecule has 0 bridgehead atoms. The number of nitrogen functional groups attached to an aromatic ring is 1. The Kier molecular flexibility index (Phi) is 7.98. The molecule has 0 radical (unpaired) electrons. The highest BCUT2D eigenvalue weighted by atomic mass is 35.5. The monoisotopic (exact) mass is 464 g/mol. The Morgan fingerprint density at radius 2 is 2.12 bits per heavy atom. The van der Waals surface area contributed by atoms with Crippen molar-refractivity contribution in [2.45, 2.75) is 39.3 Å². The normalized spacial score (nSPS) is 17.4. The summed E-state index contributed by atoms with van der Waals surface area (Å²) in [5, 5.41) is 0.455. The predicted molar refractivity (Wildman–Crippen MR) is 121 cm³/mol. The largest absolute Gasteiger partial charge is 0.493 e. The van der Waals surface area contributed by atoms with E-state index in [1.165, 1.54) is 7.11 Å². The van der Waals surface area contributed by atoms with Gasteiger partial charge in [0, 0.05) is 36.0 Å². The van der Waals surface area contributed by atoms with E-state index in [2.05, 4.69) is 14.9 Å². The van der Waals surface area contributed by atoms with E-state index in [-0.39, 0.29) is 18.6 Å². The lowest BCUT2D eigenvalue weighted by molar-refractivity contribution is -0.150. The molecular weight excluding hydrogens is 436 g/mol. The number of methoxy groups -OCH3 is 1. The average molecular weight is 465 g/mol. The molecule has 174 valence electrons. The van der Waals surface area contributed by atoms with Gasteiger partial charge in [0.25, 0.3) is 0 Å². The van der Waals surface area contributed by atoms with E-state index >= 15 is 0 Å². The second-order valence-electron chi connectivity index (χ2n) is 7.40. The van der Waals surface area contributed by atoms with Gasteiger partial charge in [-0.2, -0.15) is 4.98 Å². The van der Waals surface area contributed by atoms with Gasteiger partial charge in [-0.3, -0.25) is 0 Å². The number of nitrogens with zero attached hydrogens (tertiary/aromatic N) is 3. The molecule has 1 aromatic carbocycles. The van der Waals surface area contributed by atoms with Crippen molar-refractivity contribution in [2.24, 2.45) is 0 Å². The topological polar surface area (TPSA) is 109 Å². The molecule has 3 rings (SSSR count). The van der Waals surface area contributed by atoms with Crippen LogP contribution in [0.2, 0.25) is 5.02 Å². The summed E-state index contributed by atoms with van der Waals surface area (Å²) in [7, 11) is 1.53. The third-order valence-corrected chi connectivity index (χ3v) is 5.38.